The Bertz CT molecular complexity index is 933. The molecule has 0 saturated heterocycles. The van der Waals surface area contributed by atoms with Gasteiger partial charge in [-0.05, 0) is 49.2 Å². The molecule has 0 aliphatic heterocycles. The molecule has 1 heterocycles. The molecule has 0 bridgehead atoms. The van der Waals surface area contributed by atoms with Crippen LogP contribution in [0.1, 0.15) is 19.3 Å². The molecule has 138 valence electrons. The summed E-state index contributed by atoms with van der Waals surface area (Å²) in [6.45, 7) is 0. The molecule has 2 aromatic carbocycles. The Morgan fingerprint density at radius 2 is 1.96 bits per heavy atom. The number of methoxy groups -OCH3 is 1. The summed E-state index contributed by atoms with van der Waals surface area (Å²) in [6.07, 6.45) is 3.15. The average molecular weight is 379 g/mol. The van der Waals surface area contributed by atoms with Gasteiger partial charge in [0.15, 0.2) is 5.13 Å². The van der Waals surface area contributed by atoms with Crippen LogP contribution < -0.4 is 15.4 Å². The van der Waals surface area contributed by atoms with Gasteiger partial charge in [-0.2, -0.15) is 0 Å². The molecular weight excluding hydrogens is 358 g/mol. The third-order valence-electron chi connectivity index (χ3n) is 4.75. The maximum Gasteiger partial charge on any atom is 0.227 e. The first kappa shape index (κ1) is 17.5. The Morgan fingerprint density at radius 1 is 1.15 bits per heavy atom. The third kappa shape index (κ3) is 4.11. The number of amides is 1. The molecule has 0 unspecified atom stereocenters. The van der Waals surface area contributed by atoms with Crippen molar-refractivity contribution < 1.29 is 9.53 Å². The highest BCUT2D eigenvalue weighted by atomic mass is 32.1. The number of rotatable bonds is 6. The van der Waals surface area contributed by atoms with Crippen LogP contribution in [0.15, 0.2) is 53.9 Å². The number of hydrogen-bond donors (Lipinski definition) is 2. The normalized spacial score (nSPS) is 13.7. The SMILES string of the molecule is COc1ccc(Nc2nc(-c3cccc(NC(=O)C4CCC4)c3)cs2)cc1. The van der Waals surface area contributed by atoms with E-state index < -0.39 is 0 Å². The first-order valence-electron chi connectivity index (χ1n) is 8.99. The zero-order valence-corrected chi connectivity index (χ0v) is 15.9. The molecule has 3 aromatic rings. The Hall–Kier alpha value is -2.86. The fraction of sp³-hybridized carbons (Fsp3) is 0.238. The maximum atomic E-state index is 12.2. The van der Waals surface area contributed by atoms with E-state index in [4.69, 9.17) is 4.74 Å². The van der Waals surface area contributed by atoms with Crippen LogP contribution in [-0.2, 0) is 4.79 Å². The number of aromatic nitrogens is 1. The number of carbonyl (C=O) groups excluding carboxylic acids is 1. The summed E-state index contributed by atoms with van der Waals surface area (Å²) in [6, 6.07) is 15.6. The lowest BCUT2D eigenvalue weighted by atomic mass is 9.85. The zero-order chi connectivity index (χ0) is 18.6. The first-order chi connectivity index (χ1) is 13.2. The van der Waals surface area contributed by atoms with Gasteiger partial charge < -0.3 is 15.4 Å². The van der Waals surface area contributed by atoms with E-state index in [1.54, 1.807) is 18.4 Å². The minimum atomic E-state index is 0.124. The highest BCUT2D eigenvalue weighted by molar-refractivity contribution is 7.14. The number of ether oxygens (including phenoxy) is 1. The van der Waals surface area contributed by atoms with Gasteiger partial charge in [0.25, 0.3) is 0 Å². The Kier molecular flexibility index (Phi) is 5.07. The lowest BCUT2D eigenvalue weighted by molar-refractivity contribution is -0.122. The topological polar surface area (TPSA) is 63.2 Å². The molecule has 1 aromatic heterocycles. The van der Waals surface area contributed by atoms with Crippen LogP contribution in [0.25, 0.3) is 11.3 Å². The first-order valence-corrected chi connectivity index (χ1v) is 9.87. The van der Waals surface area contributed by atoms with Gasteiger partial charge in [0, 0.05) is 28.2 Å². The van der Waals surface area contributed by atoms with Crippen molar-refractivity contribution >= 4 is 33.8 Å². The highest BCUT2D eigenvalue weighted by Crippen LogP contribution is 2.30. The van der Waals surface area contributed by atoms with Gasteiger partial charge in [0.2, 0.25) is 5.91 Å². The summed E-state index contributed by atoms with van der Waals surface area (Å²) in [7, 11) is 1.65. The molecule has 1 aliphatic rings. The predicted octanol–water partition coefficient (Wildman–Crippen LogP) is 5.30. The summed E-state index contributed by atoms with van der Waals surface area (Å²) >= 11 is 1.55. The summed E-state index contributed by atoms with van der Waals surface area (Å²) in [5.74, 6) is 1.12. The molecule has 1 saturated carbocycles. The smallest absolute Gasteiger partial charge is 0.227 e. The molecule has 0 spiro atoms. The number of anilines is 3. The summed E-state index contributed by atoms with van der Waals surface area (Å²) < 4.78 is 5.17. The number of thiazole rings is 1. The lowest BCUT2D eigenvalue weighted by Crippen LogP contribution is -2.27. The van der Waals surface area contributed by atoms with Crippen molar-refractivity contribution in [3.8, 4) is 17.0 Å². The molecule has 4 rings (SSSR count). The molecule has 0 radical (unpaired) electrons. The maximum absolute atomic E-state index is 12.2. The number of hydrogen-bond acceptors (Lipinski definition) is 5. The quantitative estimate of drug-likeness (QED) is 0.610. The fourth-order valence-electron chi connectivity index (χ4n) is 2.93. The van der Waals surface area contributed by atoms with Gasteiger partial charge in [-0.25, -0.2) is 4.98 Å². The van der Waals surface area contributed by atoms with Crippen LogP contribution in [0.4, 0.5) is 16.5 Å². The number of nitrogens with zero attached hydrogens (tertiary/aromatic N) is 1. The van der Waals surface area contributed by atoms with Gasteiger partial charge >= 0.3 is 0 Å². The molecule has 1 fully saturated rings. The van der Waals surface area contributed by atoms with Gasteiger partial charge in [-0.3, -0.25) is 4.79 Å². The van der Waals surface area contributed by atoms with E-state index in [1.165, 1.54) is 0 Å². The Morgan fingerprint density at radius 3 is 2.67 bits per heavy atom. The van der Waals surface area contributed by atoms with Crippen molar-refractivity contribution in [1.82, 2.24) is 4.98 Å². The second-order valence-electron chi connectivity index (χ2n) is 6.59. The van der Waals surface area contributed by atoms with Crippen molar-refractivity contribution in [2.45, 2.75) is 19.3 Å². The van der Waals surface area contributed by atoms with E-state index in [-0.39, 0.29) is 11.8 Å². The fourth-order valence-corrected chi connectivity index (χ4v) is 3.67. The second kappa shape index (κ2) is 7.80. The van der Waals surface area contributed by atoms with Crippen molar-refractivity contribution in [1.29, 1.82) is 0 Å². The standard InChI is InChI=1S/C21H21N3O2S/c1-26-18-10-8-16(9-11-18)23-21-24-19(13-27-21)15-6-3-7-17(12-15)22-20(25)14-4-2-5-14/h3,6-14H,2,4-5H2,1H3,(H,22,25)(H,23,24). The van der Waals surface area contributed by atoms with E-state index in [9.17, 15) is 4.79 Å². The van der Waals surface area contributed by atoms with Crippen molar-refractivity contribution in [3.05, 3.63) is 53.9 Å². The van der Waals surface area contributed by atoms with Gasteiger partial charge in [-0.1, -0.05) is 18.6 Å². The van der Waals surface area contributed by atoms with Crippen molar-refractivity contribution in [2.75, 3.05) is 17.7 Å². The second-order valence-corrected chi connectivity index (χ2v) is 7.45. The van der Waals surface area contributed by atoms with Gasteiger partial charge in [0.05, 0.1) is 12.8 Å². The number of nitrogens with one attached hydrogen (secondary N) is 2. The van der Waals surface area contributed by atoms with Crippen LogP contribution >= 0.6 is 11.3 Å². The molecule has 0 atom stereocenters. The van der Waals surface area contributed by atoms with Crippen LogP contribution in [0.3, 0.4) is 0 Å². The third-order valence-corrected chi connectivity index (χ3v) is 5.51. The molecule has 5 nitrogen and oxygen atoms in total. The average Bonchev–Trinajstić information content (AvgIpc) is 3.09. The van der Waals surface area contributed by atoms with Gasteiger partial charge in [-0.15, -0.1) is 11.3 Å². The van der Waals surface area contributed by atoms with Gasteiger partial charge in [0.1, 0.15) is 5.75 Å². The zero-order valence-electron chi connectivity index (χ0n) is 15.1. The van der Waals surface area contributed by atoms with E-state index in [2.05, 4.69) is 15.6 Å². The minimum absolute atomic E-state index is 0.124. The number of carbonyl (C=O) groups is 1. The van der Waals surface area contributed by atoms with E-state index in [0.717, 1.165) is 52.8 Å². The monoisotopic (exact) mass is 379 g/mol. The molecule has 1 aliphatic carbocycles. The van der Waals surface area contributed by atoms with E-state index in [0.29, 0.717) is 0 Å². The van der Waals surface area contributed by atoms with E-state index in [1.807, 2.05) is 53.9 Å². The van der Waals surface area contributed by atoms with Crippen LogP contribution in [0.2, 0.25) is 0 Å². The summed E-state index contributed by atoms with van der Waals surface area (Å²) in [4.78, 5) is 16.8. The van der Waals surface area contributed by atoms with Crippen molar-refractivity contribution in [2.24, 2.45) is 5.92 Å². The van der Waals surface area contributed by atoms with E-state index >= 15 is 0 Å². The minimum Gasteiger partial charge on any atom is -0.497 e. The lowest BCUT2D eigenvalue weighted by Gasteiger charge is -2.24. The predicted molar refractivity (Wildman–Crippen MR) is 110 cm³/mol. The molecule has 6 heteroatoms. The Balaban J connectivity index is 1.45. The van der Waals surface area contributed by atoms with Crippen molar-refractivity contribution in [3.63, 3.8) is 0 Å². The highest BCUT2D eigenvalue weighted by Gasteiger charge is 2.25. The molecular formula is C21H21N3O2S. The van der Waals surface area contributed by atoms with Crippen LogP contribution in [-0.4, -0.2) is 18.0 Å². The number of benzene rings is 2. The summed E-state index contributed by atoms with van der Waals surface area (Å²) in [5.41, 5.74) is 3.65. The largest absolute Gasteiger partial charge is 0.497 e. The molecule has 2 N–H and O–H groups in total. The Labute approximate surface area is 162 Å². The van der Waals surface area contributed by atoms with Crippen LogP contribution in [0, 0.1) is 5.92 Å². The molecule has 27 heavy (non-hydrogen) atoms. The summed E-state index contributed by atoms with van der Waals surface area (Å²) in [5, 5.41) is 9.16. The molecule has 1 amide bonds. The van der Waals surface area contributed by atoms with Crippen LogP contribution in [0.5, 0.6) is 5.75 Å².